The van der Waals surface area contributed by atoms with Crippen LogP contribution in [0.3, 0.4) is 0 Å². The van der Waals surface area contributed by atoms with E-state index in [4.69, 9.17) is 0 Å². The lowest BCUT2D eigenvalue weighted by Gasteiger charge is -2.20. The zero-order valence-electron chi connectivity index (χ0n) is 10.4. The first-order valence-electron chi connectivity index (χ1n) is 6.58. The van der Waals surface area contributed by atoms with Crippen LogP contribution in [0.2, 0.25) is 0 Å². The van der Waals surface area contributed by atoms with Crippen molar-refractivity contribution in [2.24, 2.45) is 0 Å². The number of hydrogen-bond acceptors (Lipinski definition) is 3. The van der Waals surface area contributed by atoms with Crippen molar-refractivity contribution in [2.75, 3.05) is 19.6 Å². The van der Waals surface area contributed by atoms with Crippen LogP contribution in [-0.4, -0.2) is 34.6 Å². The largest absolute Gasteiger partial charge is 0.387 e. The fraction of sp³-hybridized carbons (Fsp3) is 0.400. The van der Waals surface area contributed by atoms with E-state index in [1.807, 2.05) is 30.3 Å². The highest BCUT2D eigenvalue weighted by molar-refractivity contribution is 5.82. The summed E-state index contributed by atoms with van der Waals surface area (Å²) in [4.78, 5) is 6.66. The normalized spacial score (nSPS) is 18.3. The van der Waals surface area contributed by atoms with E-state index in [0.29, 0.717) is 0 Å². The summed E-state index contributed by atoms with van der Waals surface area (Å²) in [7, 11) is 0. The minimum absolute atomic E-state index is 0.420. The number of hydrogen-bond donors (Lipinski definition) is 1. The lowest BCUT2D eigenvalue weighted by Crippen LogP contribution is -2.25. The molecule has 2 aromatic rings. The Hall–Kier alpha value is -1.45. The van der Waals surface area contributed by atoms with E-state index >= 15 is 0 Å². The number of para-hydroxylation sites is 1. The molecule has 1 fully saturated rings. The van der Waals surface area contributed by atoms with Gasteiger partial charge in [0.1, 0.15) is 0 Å². The number of fused-ring (bicyclic) bond motifs is 1. The van der Waals surface area contributed by atoms with Crippen molar-refractivity contribution in [3.63, 3.8) is 0 Å². The highest BCUT2D eigenvalue weighted by Crippen LogP contribution is 2.24. The Bertz CT molecular complexity index is 530. The molecule has 18 heavy (non-hydrogen) atoms. The lowest BCUT2D eigenvalue weighted by molar-refractivity contribution is 0.127. The summed E-state index contributed by atoms with van der Waals surface area (Å²) >= 11 is 0. The Labute approximate surface area is 107 Å². The molecule has 0 saturated carbocycles. The quantitative estimate of drug-likeness (QED) is 0.897. The third-order valence-corrected chi connectivity index (χ3v) is 3.67. The average Bonchev–Trinajstić information content (AvgIpc) is 2.91. The zero-order valence-corrected chi connectivity index (χ0v) is 10.4. The van der Waals surface area contributed by atoms with E-state index in [9.17, 15) is 5.11 Å². The molecule has 0 amide bonds. The summed E-state index contributed by atoms with van der Waals surface area (Å²) in [5.41, 5.74) is 1.95. The molecular weight excluding hydrogens is 224 g/mol. The summed E-state index contributed by atoms with van der Waals surface area (Å²) in [6, 6.07) is 9.93. The molecule has 3 rings (SSSR count). The lowest BCUT2D eigenvalue weighted by atomic mass is 10.0. The van der Waals surface area contributed by atoms with Gasteiger partial charge in [0.25, 0.3) is 0 Å². The van der Waals surface area contributed by atoms with Gasteiger partial charge in [0.05, 0.1) is 11.6 Å². The third kappa shape index (κ3) is 2.24. The monoisotopic (exact) mass is 242 g/mol. The minimum Gasteiger partial charge on any atom is -0.387 e. The molecule has 1 unspecified atom stereocenters. The first-order chi connectivity index (χ1) is 8.84. The predicted molar refractivity (Wildman–Crippen MR) is 72.4 cm³/mol. The van der Waals surface area contributed by atoms with Crippen LogP contribution >= 0.6 is 0 Å². The van der Waals surface area contributed by atoms with Gasteiger partial charge in [-0.15, -0.1) is 0 Å². The fourth-order valence-electron chi connectivity index (χ4n) is 2.72. The highest BCUT2D eigenvalue weighted by atomic mass is 16.3. The molecule has 1 aromatic heterocycles. The number of nitrogens with zero attached hydrogens (tertiary/aromatic N) is 2. The van der Waals surface area contributed by atoms with Crippen LogP contribution in [0.15, 0.2) is 36.5 Å². The fourth-order valence-corrected chi connectivity index (χ4v) is 2.72. The second-order valence-corrected chi connectivity index (χ2v) is 4.94. The predicted octanol–water partition coefficient (Wildman–Crippen LogP) is 2.36. The molecule has 1 aliphatic heterocycles. The molecular formula is C15H18N2O. The summed E-state index contributed by atoms with van der Waals surface area (Å²) in [6.07, 6.45) is 3.87. The molecule has 0 aliphatic carbocycles. The molecule has 1 aromatic carbocycles. The average molecular weight is 242 g/mol. The molecule has 1 N–H and O–H groups in total. The van der Waals surface area contributed by atoms with Crippen LogP contribution < -0.4 is 0 Å². The van der Waals surface area contributed by atoms with Gasteiger partial charge in [0, 0.05) is 18.1 Å². The second kappa shape index (κ2) is 5.04. The smallest absolute Gasteiger partial charge is 0.0924 e. The molecule has 3 nitrogen and oxygen atoms in total. The van der Waals surface area contributed by atoms with Crippen LogP contribution in [0.25, 0.3) is 10.9 Å². The van der Waals surface area contributed by atoms with Crippen molar-refractivity contribution in [3.8, 4) is 0 Å². The van der Waals surface area contributed by atoms with Crippen molar-refractivity contribution in [3.05, 3.63) is 42.1 Å². The van der Waals surface area contributed by atoms with Gasteiger partial charge < -0.3 is 10.0 Å². The van der Waals surface area contributed by atoms with Crippen LogP contribution in [0.1, 0.15) is 24.5 Å². The Morgan fingerprint density at radius 3 is 2.78 bits per heavy atom. The number of rotatable bonds is 3. The van der Waals surface area contributed by atoms with E-state index in [1.54, 1.807) is 6.20 Å². The number of aromatic nitrogens is 1. The number of pyridine rings is 1. The van der Waals surface area contributed by atoms with Gasteiger partial charge in [-0.1, -0.05) is 18.2 Å². The molecule has 1 saturated heterocycles. The molecule has 1 aliphatic rings. The molecule has 0 radical (unpaired) electrons. The first-order valence-corrected chi connectivity index (χ1v) is 6.58. The minimum atomic E-state index is -0.420. The Morgan fingerprint density at radius 1 is 1.17 bits per heavy atom. The van der Waals surface area contributed by atoms with Gasteiger partial charge in [-0.25, -0.2) is 0 Å². The maximum Gasteiger partial charge on any atom is 0.0924 e. The van der Waals surface area contributed by atoms with E-state index in [1.165, 1.54) is 12.8 Å². The van der Waals surface area contributed by atoms with Crippen LogP contribution in [0.5, 0.6) is 0 Å². The van der Waals surface area contributed by atoms with E-state index < -0.39 is 6.10 Å². The number of benzene rings is 1. The number of β-amino-alcohol motifs (C(OH)–C–C–N with tert-alkyl or cyclic N) is 1. The Morgan fingerprint density at radius 2 is 1.94 bits per heavy atom. The van der Waals surface area contributed by atoms with E-state index in [0.717, 1.165) is 36.1 Å². The van der Waals surface area contributed by atoms with Gasteiger partial charge in [-0.3, -0.25) is 4.98 Å². The third-order valence-electron chi connectivity index (χ3n) is 3.67. The highest BCUT2D eigenvalue weighted by Gasteiger charge is 2.18. The molecule has 1 atom stereocenters. The first kappa shape index (κ1) is 11.6. The maximum atomic E-state index is 10.4. The second-order valence-electron chi connectivity index (χ2n) is 4.94. The number of likely N-dealkylation sites (tertiary alicyclic amines) is 1. The van der Waals surface area contributed by atoms with Gasteiger partial charge in [0.2, 0.25) is 0 Å². The molecule has 2 heterocycles. The zero-order chi connectivity index (χ0) is 12.4. The van der Waals surface area contributed by atoms with Gasteiger partial charge in [-0.05, 0) is 43.6 Å². The number of aliphatic hydroxyl groups is 1. The molecule has 0 bridgehead atoms. The van der Waals surface area contributed by atoms with Gasteiger partial charge in [-0.2, -0.15) is 0 Å². The van der Waals surface area contributed by atoms with Crippen molar-refractivity contribution >= 4 is 10.9 Å². The van der Waals surface area contributed by atoms with Crippen molar-refractivity contribution < 1.29 is 5.11 Å². The molecule has 3 heteroatoms. The Balaban J connectivity index is 1.88. The van der Waals surface area contributed by atoms with Crippen molar-refractivity contribution in [1.82, 2.24) is 9.88 Å². The van der Waals surface area contributed by atoms with E-state index in [-0.39, 0.29) is 0 Å². The summed E-state index contributed by atoms with van der Waals surface area (Å²) in [5.74, 6) is 0. The van der Waals surface area contributed by atoms with Crippen LogP contribution in [0, 0.1) is 0 Å². The van der Waals surface area contributed by atoms with Gasteiger partial charge >= 0.3 is 0 Å². The van der Waals surface area contributed by atoms with E-state index in [2.05, 4.69) is 9.88 Å². The molecule has 94 valence electrons. The summed E-state index contributed by atoms with van der Waals surface area (Å²) < 4.78 is 0. The molecule has 0 spiro atoms. The SMILES string of the molecule is OC(CN1CCCC1)c1ccnc2ccccc12. The summed E-state index contributed by atoms with van der Waals surface area (Å²) in [6.45, 7) is 2.95. The van der Waals surface area contributed by atoms with Crippen LogP contribution in [0.4, 0.5) is 0 Å². The summed E-state index contributed by atoms with van der Waals surface area (Å²) in [5, 5.41) is 11.5. The van der Waals surface area contributed by atoms with Crippen molar-refractivity contribution in [2.45, 2.75) is 18.9 Å². The van der Waals surface area contributed by atoms with Crippen LogP contribution in [-0.2, 0) is 0 Å². The standard InChI is InChI=1S/C15H18N2O/c18-15(11-17-9-3-4-10-17)13-7-8-16-14-6-2-1-5-12(13)14/h1-2,5-8,15,18H,3-4,9-11H2. The Kier molecular flexibility index (Phi) is 3.26. The maximum absolute atomic E-state index is 10.4. The topological polar surface area (TPSA) is 36.4 Å². The number of aliphatic hydroxyl groups excluding tert-OH is 1. The van der Waals surface area contributed by atoms with Crippen molar-refractivity contribution in [1.29, 1.82) is 0 Å². The van der Waals surface area contributed by atoms with Gasteiger partial charge in [0.15, 0.2) is 0 Å².